The standard InChI is InChI=1S/C18H17FN4O4/c19-12-3-1-11(2-4-12)16-9-22-18(27-16)23-13-5-6-15(20-7-13)17(26)21-8-14(25)10-24/h1-7,9,14,24-25H,8,10H2,(H,21,26)(H,22,23). The molecule has 2 aromatic heterocycles. The van der Waals surface area contributed by atoms with E-state index in [9.17, 15) is 14.3 Å². The summed E-state index contributed by atoms with van der Waals surface area (Å²) in [5.41, 5.74) is 1.40. The van der Waals surface area contributed by atoms with Gasteiger partial charge in [-0.3, -0.25) is 4.79 Å². The molecule has 0 saturated carbocycles. The number of anilines is 2. The van der Waals surface area contributed by atoms with Crippen LogP contribution in [0.15, 0.2) is 53.2 Å². The third-order valence-electron chi connectivity index (χ3n) is 3.59. The Hall–Kier alpha value is -3.30. The van der Waals surface area contributed by atoms with E-state index in [2.05, 4.69) is 20.6 Å². The van der Waals surface area contributed by atoms with Crippen LogP contribution in [0.5, 0.6) is 0 Å². The fourth-order valence-electron chi connectivity index (χ4n) is 2.17. The number of halogens is 1. The minimum absolute atomic E-state index is 0.0699. The number of nitrogens with zero attached hydrogens (tertiary/aromatic N) is 2. The van der Waals surface area contributed by atoms with E-state index >= 15 is 0 Å². The number of hydrogen-bond donors (Lipinski definition) is 4. The summed E-state index contributed by atoms with van der Waals surface area (Å²) in [7, 11) is 0. The van der Waals surface area contributed by atoms with Crippen LogP contribution in [0.2, 0.25) is 0 Å². The van der Waals surface area contributed by atoms with Crippen molar-refractivity contribution < 1.29 is 23.8 Å². The zero-order valence-electron chi connectivity index (χ0n) is 14.1. The van der Waals surface area contributed by atoms with Crippen molar-refractivity contribution in [3.8, 4) is 11.3 Å². The van der Waals surface area contributed by atoms with E-state index in [4.69, 9.17) is 9.52 Å². The Bertz CT molecular complexity index is 896. The predicted molar refractivity (Wildman–Crippen MR) is 94.8 cm³/mol. The molecule has 0 fully saturated rings. The summed E-state index contributed by atoms with van der Waals surface area (Å²) in [4.78, 5) is 20.0. The topological polar surface area (TPSA) is 121 Å². The lowest BCUT2D eigenvalue weighted by Crippen LogP contribution is -2.34. The smallest absolute Gasteiger partial charge is 0.299 e. The second-order valence-electron chi connectivity index (χ2n) is 5.64. The Morgan fingerprint density at radius 3 is 2.59 bits per heavy atom. The van der Waals surface area contributed by atoms with Gasteiger partial charge in [0.05, 0.1) is 30.8 Å². The molecule has 1 amide bonds. The third kappa shape index (κ3) is 4.87. The monoisotopic (exact) mass is 372 g/mol. The highest BCUT2D eigenvalue weighted by molar-refractivity contribution is 5.92. The summed E-state index contributed by atoms with van der Waals surface area (Å²) in [6, 6.07) is 9.17. The normalized spacial score (nSPS) is 11.8. The number of aromatic nitrogens is 2. The highest BCUT2D eigenvalue weighted by Crippen LogP contribution is 2.24. The molecule has 1 unspecified atom stereocenters. The average Bonchev–Trinajstić information content (AvgIpc) is 3.15. The molecule has 140 valence electrons. The van der Waals surface area contributed by atoms with Crippen LogP contribution in [0.3, 0.4) is 0 Å². The van der Waals surface area contributed by atoms with Gasteiger partial charge in [-0.05, 0) is 36.4 Å². The van der Waals surface area contributed by atoms with Gasteiger partial charge >= 0.3 is 0 Å². The predicted octanol–water partition coefficient (Wildman–Crippen LogP) is 1.70. The molecule has 0 spiro atoms. The van der Waals surface area contributed by atoms with Crippen molar-refractivity contribution in [2.75, 3.05) is 18.5 Å². The number of aliphatic hydroxyl groups is 2. The Morgan fingerprint density at radius 1 is 1.15 bits per heavy atom. The molecule has 1 atom stereocenters. The largest absolute Gasteiger partial charge is 0.423 e. The molecule has 0 radical (unpaired) electrons. The van der Waals surface area contributed by atoms with Crippen LogP contribution >= 0.6 is 0 Å². The summed E-state index contributed by atoms with van der Waals surface area (Å²) in [5.74, 6) is -0.328. The maximum absolute atomic E-state index is 13.0. The first-order chi connectivity index (χ1) is 13.0. The van der Waals surface area contributed by atoms with Crippen LogP contribution in [0.4, 0.5) is 16.1 Å². The van der Waals surface area contributed by atoms with Gasteiger partial charge in [-0.2, -0.15) is 0 Å². The molecular weight excluding hydrogens is 355 g/mol. The molecule has 4 N–H and O–H groups in total. The van der Waals surface area contributed by atoms with Crippen molar-refractivity contribution in [2.45, 2.75) is 6.10 Å². The lowest BCUT2D eigenvalue weighted by atomic mass is 10.2. The van der Waals surface area contributed by atoms with Crippen molar-refractivity contribution >= 4 is 17.6 Å². The van der Waals surface area contributed by atoms with Crippen molar-refractivity contribution in [3.63, 3.8) is 0 Å². The van der Waals surface area contributed by atoms with Crippen LogP contribution in [-0.4, -0.2) is 45.3 Å². The molecule has 9 heteroatoms. The van der Waals surface area contributed by atoms with E-state index in [0.717, 1.165) is 0 Å². The average molecular weight is 372 g/mol. The van der Waals surface area contributed by atoms with E-state index in [1.54, 1.807) is 18.2 Å². The molecule has 0 bridgehead atoms. The molecule has 0 aliphatic rings. The Morgan fingerprint density at radius 2 is 1.93 bits per heavy atom. The molecule has 0 saturated heterocycles. The lowest BCUT2D eigenvalue weighted by Gasteiger charge is -2.08. The minimum atomic E-state index is -1.02. The molecule has 3 aromatic rings. The van der Waals surface area contributed by atoms with Crippen molar-refractivity contribution in [2.24, 2.45) is 0 Å². The number of carbonyl (C=O) groups excluding carboxylic acids is 1. The molecule has 2 heterocycles. The molecule has 8 nitrogen and oxygen atoms in total. The number of rotatable bonds is 7. The van der Waals surface area contributed by atoms with Crippen LogP contribution < -0.4 is 10.6 Å². The maximum Gasteiger partial charge on any atom is 0.299 e. The Labute approximate surface area is 153 Å². The summed E-state index contributed by atoms with van der Waals surface area (Å²) in [5, 5.41) is 23.3. The Balaban J connectivity index is 1.61. The fraction of sp³-hybridized carbons (Fsp3) is 0.167. The van der Waals surface area contributed by atoms with Gasteiger partial charge in [0.15, 0.2) is 5.76 Å². The van der Waals surface area contributed by atoms with Gasteiger partial charge in [0.2, 0.25) is 0 Å². The second kappa shape index (κ2) is 8.39. The number of carbonyl (C=O) groups is 1. The summed E-state index contributed by atoms with van der Waals surface area (Å²) < 4.78 is 18.5. The summed E-state index contributed by atoms with van der Waals surface area (Å²) >= 11 is 0. The van der Waals surface area contributed by atoms with Gasteiger partial charge in [0, 0.05) is 12.1 Å². The van der Waals surface area contributed by atoms with Gasteiger partial charge in [-0.15, -0.1) is 0 Å². The number of aliphatic hydroxyl groups excluding tert-OH is 2. The first-order valence-electron chi connectivity index (χ1n) is 8.07. The van der Waals surface area contributed by atoms with Crippen molar-refractivity contribution in [3.05, 3.63) is 60.3 Å². The van der Waals surface area contributed by atoms with Crippen molar-refractivity contribution in [1.82, 2.24) is 15.3 Å². The maximum atomic E-state index is 13.0. The summed E-state index contributed by atoms with van der Waals surface area (Å²) in [6.07, 6.45) is 1.92. The zero-order valence-corrected chi connectivity index (χ0v) is 14.1. The molecule has 0 aliphatic carbocycles. The van der Waals surface area contributed by atoms with Gasteiger partial charge in [-0.25, -0.2) is 14.4 Å². The highest BCUT2D eigenvalue weighted by Gasteiger charge is 2.11. The van der Waals surface area contributed by atoms with Crippen LogP contribution in [0.1, 0.15) is 10.5 Å². The third-order valence-corrected chi connectivity index (χ3v) is 3.59. The molecular formula is C18H17FN4O4. The van der Waals surface area contributed by atoms with Gasteiger partial charge in [-0.1, -0.05) is 0 Å². The van der Waals surface area contributed by atoms with E-state index in [0.29, 0.717) is 17.0 Å². The number of pyridine rings is 1. The Kier molecular flexibility index (Phi) is 5.74. The molecule has 1 aromatic carbocycles. The number of benzene rings is 1. The first kappa shape index (κ1) is 18.5. The second-order valence-corrected chi connectivity index (χ2v) is 5.64. The van der Waals surface area contributed by atoms with Crippen molar-refractivity contribution in [1.29, 1.82) is 0 Å². The SMILES string of the molecule is O=C(NCC(O)CO)c1ccc(Nc2ncc(-c3ccc(F)cc3)o2)cn1. The zero-order chi connectivity index (χ0) is 19.2. The van der Waals surface area contributed by atoms with E-state index in [1.165, 1.54) is 30.6 Å². The van der Waals surface area contributed by atoms with Gasteiger partial charge in [0.1, 0.15) is 11.5 Å². The number of oxazole rings is 1. The molecule has 0 aliphatic heterocycles. The van der Waals surface area contributed by atoms with Gasteiger partial charge in [0.25, 0.3) is 11.9 Å². The number of hydrogen-bond acceptors (Lipinski definition) is 7. The van der Waals surface area contributed by atoms with E-state index in [-0.39, 0.29) is 24.1 Å². The quantitative estimate of drug-likeness (QED) is 0.498. The molecule has 27 heavy (non-hydrogen) atoms. The fourth-order valence-corrected chi connectivity index (χ4v) is 2.17. The minimum Gasteiger partial charge on any atom is -0.423 e. The van der Waals surface area contributed by atoms with Gasteiger partial charge < -0.3 is 25.3 Å². The summed E-state index contributed by atoms with van der Waals surface area (Å²) in [6.45, 7) is -0.508. The van der Waals surface area contributed by atoms with E-state index < -0.39 is 18.6 Å². The van der Waals surface area contributed by atoms with E-state index in [1.807, 2.05) is 0 Å². The molecule has 3 rings (SSSR count). The van der Waals surface area contributed by atoms with Crippen LogP contribution in [0, 0.1) is 5.82 Å². The lowest BCUT2D eigenvalue weighted by molar-refractivity contribution is 0.0799. The number of amides is 1. The first-order valence-corrected chi connectivity index (χ1v) is 8.07. The number of nitrogens with one attached hydrogen (secondary N) is 2. The highest BCUT2D eigenvalue weighted by atomic mass is 19.1. The van der Waals surface area contributed by atoms with Crippen LogP contribution in [0.25, 0.3) is 11.3 Å². The van der Waals surface area contributed by atoms with Crippen LogP contribution in [-0.2, 0) is 0 Å².